The van der Waals surface area contributed by atoms with Gasteiger partial charge in [0.2, 0.25) is 0 Å². The van der Waals surface area contributed by atoms with Gasteiger partial charge in [0.1, 0.15) is 0 Å². The number of hydrogen-bond acceptors (Lipinski definition) is 2. The number of nitrogens with two attached hydrogens (primary N) is 1. The molecule has 0 aliphatic carbocycles. The van der Waals surface area contributed by atoms with Crippen molar-refractivity contribution in [1.82, 2.24) is 0 Å². The van der Waals surface area contributed by atoms with Gasteiger partial charge in [0.15, 0.2) is 0 Å². The minimum atomic E-state index is 0.408. The van der Waals surface area contributed by atoms with E-state index < -0.39 is 0 Å². The molecule has 0 aromatic heterocycles. The Kier molecular flexibility index (Phi) is 2.86. The third-order valence-electron chi connectivity index (χ3n) is 2.47. The summed E-state index contributed by atoms with van der Waals surface area (Å²) in [5.41, 5.74) is 7.73. The molecule has 1 aromatic rings. The van der Waals surface area contributed by atoms with Crippen LogP contribution in [0.25, 0.3) is 0 Å². The summed E-state index contributed by atoms with van der Waals surface area (Å²) in [5.74, 6) is 0. The van der Waals surface area contributed by atoms with E-state index in [-0.39, 0.29) is 0 Å². The van der Waals surface area contributed by atoms with E-state index in [4.69, 9.17) is 28.9 Å². The molecule has 14 heavy (non-hydrogen) atoms. The number of benzene rings is 1. The van der Waals surface area contributed by atoms with Crippen LogP contribution in [-0.4, -0.2) is 12.6 Å². The normalized spacial score (nSPS) is 19.2. The van der Waals surface area contributed by atoms with Crippen molar-refractivity contribution in [2.45, 2.75) is 18.9 Å². The maximum atomic E-state index is 6.06. The van der Waals surface area contributed by atoms with Gasteiger partial charge in [-0.05, 0) is 37.1 Å². The van der Waals surface area contributed by atoms with Crippen molar-refractivity contribution < 1.29 is 0 Å². The molecular formula is C10H12Cl2N2. The SMILES string of the molecule is NCCC1Cc2cc(Cl)cc(Cl)c2N1. The summed E-state index contributed by atoms with van der Waals surface area (Å²) >= 11 is 12.0. The number of rotatable bonds is 2. The Balaban J connectivity index is 2.26. The minimum absolute atomic E-state index is 0.408. The molecule has 2 nitrogen and oxygen atoms in total. The van der Waals surface area contributed by atoms with Gasteiger partial charge in [0.25, 0.3) is 0 Å². The highest BCUT2D eigenvalue weighted by Crippen LogP contribution is 2.36. The van der Waals surface area contributed by atoms with Gasteiger partial charge in [0, 0.05) is 11.1 Å². The summed E-state index contributed by atoms with van der Waals surface area (Å²) < 4.78 is 0. The number of halogens is 2. The van der Waals surface area contributed by atoms with E-state index in [0.717, 1.165) is 18.5 Å². The molecule has 1 heterocycles. The first-order valence-corrected chi connectivity index (χ1v) is 5.41. The van der Waals surface area contributed by atoms with Gasteiger partial charge < -0.3 is 11.1 Å². The number of anilines is 1. The lowest BCUT2D eigenvalue weighted by atomic mass is 10.1. The van der Waals surface area contributed by atoms with E-state index in [1.807, 2.05) is 6.07 Å². The second kappa shape index (κ2) is 3.97. The highest BCUT2D eigenvalue weighted by Gasteiger charge is 2.22. The fourth-order valence-corrected chi connectivity index (χ4v) is 2.44. The molecule has 76 valence electrons. The third-order valence-corrected chi connectivity index (χ3v) is 2.98. The maximum absolute atomic E-state index is 6.06. The monoisotopic (exact) mass is 230 g/mol. The van der Waals surface area contributed by atoms with Crippen molar-refractivity contribution in [1.29, 1.82) is 0 Å². The van der Waals surface area contributed by atoms with Gasteiger partial charge in [-0.25, -0.2) is 0 Å². The second-order valence-electron chi connectivity index (χ2n) is 3.54. The minimum Gasteiger partial charge on any atom is -0.380 e. The van der Waals surface area contributed by atoms with Crippen molar-refractivity contribution in [3.05, 3.63) is 27.7 Å². The second-order valence-corrected chi connectivity index (χ2v) is 4.39. The Bertz CT molecular complexity index is 352. The molecule has 0 radical (unpaired) electrons. The van der Waals surface area contributed by atoms with Gasteiger partial charge in [-0.15, -0.1) is 0 Å². The zero-order valence-electron chi connectivity index (χ0n) is 7.69. The smallest absolute Gasteiger partial charge is 0.0655 e. The summed E-state index contributed by atoms with van der Waals surface area (Å²) in [6.45, 7) is 0.691. The van der Waals surface area contributed by atoms with Crippen LogP contribution in [0, 0.1) is 0 Å². The predicted molar refractivity (Wildman–Crippen MR) is 61.2 cm³/mol. The number of fused-ring (bicyclic) bond motifs is 1. The molecular weight excluding hydrogens is 219 g/mol. The van der Waals surface area contributed by atoms with E-state index in [0.29, 0.717) is 22.6 Å². The summed E-state index contributed by atoms with van der Waals surface area (Å²) in [7, 11) is 0. The van der Waals surface area contributed by atoms with Crippen LogP contribution in [-0.2, 0) is 6.42 Å². The molecule has 1 aliphatic rings. The lowest BCUT2D eigenvalue weighted by molar-refractivity contribution is 0.684. The molecule has 2 rings (SSSR count). The highest BCUT2D eigenvalue weighted by atomic mass is 35.5. The fourth-order valence-electron chi connectivity index (χ4n) is 1.85. The Morgan fingerprint density at radius 3 is 2.93 bits per heavy atom. The van der Waals surface area contributed by atoms with Gasteiger partial charge in [-0.3, -0.25) is 0 Å². The zero-order chi connectivity index (χ0) is 10.1. The summed E-state index contributed by atoms with van der Waals surface area (Å²) in [6.07, 6.45) is 1.93. The summed E-state index contributed by atoms with van der Waals surface area (Å²) in [6, 6.07) is 4.14. The lowest BCUT2D eigenvalue weighted by Gasteiger charge is -2.09. The Hall–Kier alpha value is -0.440. The Morgan fingerprint density at radius 2 is 2.21 bits per heavy atom. The zero-order valence-corrected chi connectivity index (χ0v) is 9.20. The Labute approximate surface area is 93.4 Å². The predicted octanol–water partition coefficient (Wildman–Crippen LogP) is 2.68. The van der Waals surface area contributed by atoms with Crippen LogP contribution in [0.5, 0.6) is 0 Å². The molecule has 1 atom stereocenters. The summed E-state index contributed by atoms with van der Waals surface area (Å²) in [5, 5.41) is 4.76. The van der Waals surface area contributed by atoms with Crippen LogP contribution >= 0.6 is 23.2 Å². The molecule has 0 bridgehead atoms. The van der Waals surface area contributed by atoms with E-state index in [1.54, 1.807) is 6.07 Å². The largest absolute Gasteiger partial charge is 0.380 e. The molecule has 1 aliphatic heterocycles. The van der Waals surface area contributed by atoms with Crippen molar-refractivity contribution in [2.75, 3.05) is 11.9 Å². The van der Waals surface area contributed by atoms with Gasteiger partial charge in [0.05, 0.1) is 10.7 Å². The molecule has 0 fully saturated rings. The topological polar surface area (TPSA) is 38.0 Å². The number of nitrogens with one attached hydrogen (secondary N) is 1. The molecule has 1 unspecified atom stereocenters. The van der Waals surface area contributed by atoms with Crippen molar-refractivity contribution in [3.63, 3.8) is 0 Å². The van der Waals surface area contributed by atoms with E-state index in [2.05, 4.69) is 5.32 Å². The average molecular weight is 231 g/mol. The van der Waals surface area contributed by atoms with Crippen LogP contribution in [0.4, 0.5) is 5.69 Å². The fraction of sp³-hybridized carbons (Fsp3) is 0.400. The highest BCUT2D eigenvalue weighted by molar-refractivity contribution is 6.36. The van der Waals surface area contributed by atoms with Crippen LogP contribution in [0.1, 0.15) is 12.0 Å². The third kappa shape index (κ3) is 1.83. The quantitative estimate of drug-likeness (QED) is 0.821. The van der Waals surface area contributed by atoms with Crippen LogP contribution < -0.4 is 11.1 Å². The molecule has 0 amide bonds. The molecule has 0 saturated carbocycles. The standard InChI is InChI=1S/C10H12Cl2N2/c11-7-3-6-4-8(1-2-13)14-10(6)9(12)5-7/h3,5,8,14H,1-2,4,13H2. The molecule has 3 N–H and O–H groups in total. The van der Waals surface area contributed by atoms with Crippen molar-refractivity contribution in [3.8, 4) is 0 Å². The van der Waals surface area contributed by atoms with Gasteiger partial charge in [-0.1, -0.05) is 23.2 Å². The van der Waals surface area contributed by atoms with E-state index >= 15 is 0 Å². The first-order chi connectivity index (χ1) is 6.70. The van der Waals surface area contributed by atoms with Crippen LogP contribution in [0.3, 0.4) is 0 Å². The molecule has 0 spiro atoms. The van der Waals surface area contributed by atoms with E-state index in [1.165, 1.54) is 5.56 Å². The molecule has 1 aromatic carbocycles. The first kappa shape index (κ1) is 10.1. The van der Waals surface area contributed by atoms with Crippen LogP contribution in [0.2, 0.25) is 10.0 Å². The van der Waals surface area contributed by atoms with Gasteiger partial charge >= 0.3 is 0 Å². The van der Waals surface area contributed by atoms with Crippen LogP contribution in [0.15, 0.2) is 12.1 Å². The molecule has 0 saturated heterocycles. The maximum Gasteiger partial charge on any atom is 0.0655 e. The first-order valence-electron chi connectivity index (χ1n) is 4.65. The summed E-state index contributed by atoms with van der Waals surface area (Å²) in [4.78, 5) is 0. The number of hydrogen-bond donors (Lipinski definition) is 2. The molecule has 4 heteroatoms. The Morgan fingerprint density at radius 1 is 1.43 bits per heavy atom. The van der Waals surface area contributed by atoms with Crippen molar-refractivity contribution in [2.24, 2.45) is 5.73 Å². The lowest BCUT2D eigenvalue weighted by Crippen LogP contribution is -2.19. The van der Waals surface area contributed by atoms with Crippen molar-refractivity contribution >= 4 is 28.9 Å². The average Bonchev–Trinajstić information content (AvgIpc) is 2.48. The van der Waals surface area contributed by atoms with Gasteiger partial charge in [-0.2, -0.15) is 0 Å². The van der Waals surface area contributed by atoms with E-state index in [9.17, 15) is 0 Å².